The number of anilines is 1. The molecule has 2 aromatic rings. The maximum absolute atomic E-state index is 13.1. The third kappa shape index (κ3) is 5.57. The summed E-state index contributed by atoms with van der Waals surface area (Å²) in [4.78, 5) is -0.588. The summed E-state index contributed by atoms with van der Waals surface area (Å²) < 4.78 is 143. The van der Waals surface area contributed by atoms with Gasteiger partial charge in [0, 0.05) is 10.9 Å². The van der Waals surface area contributed by atoms with Gasteiger partial charge in [-0.05, 0) is 29.8 Å². The highest BCUT2D eigenvalue weighted by Gasteiger charge is 2.71. The summed E-state index contributed by atoms with van der Waals surface area (Å²) in [5, 5.41) is 9.55. The van der Waals surface area contributed by atoms with Crippen LogP contribution in [0.4, 0.5) is 45.2 Å². The van der Waals surface area contributed by atoms with Gasteiger partial charge >= 0.3 is 18.5 Å². The van der Waals surface area contributed by atoms with E-state index in [-0.39, 0.29) is 21.8 Å². The Balaban J connectivity index is 2.63. The predicted octanol–water partition coefficient (Wildman–Crippen LogP) is 5.65. The van der Waals surface area contributed by atoms with Gasteiger partial charge in [0.05, 0.1) is 10.6 Å². The average Bonchev–Trinajstić information content (AvgIpc) is 2.69. The molecule has 0 aliphatic carbocycles. The molecule has 0 spiro atoms. The molecular weight excluding hydrogens is 561 g/mol. The molecule has 0 aromatic heterocycles. The molecule has 15 heteroatoms. The molecule has 0 saturated carbocycles. The van der Waals surface area contributed by atoms with Crippen molar-refractivity contribution < 1.29 is 53.0 Å². The molecule has 0 heterocycles. The van der Waals surface area contributed by atoms with Crippen molar-refractivity contribution >= 4 is 31.6 Å². The molecule has 0 amide bonds. The lowest BCUT2D eigenvalue weighted by molar-refractivity contribution is -0.376. The summed E-state index contributed by atoms with van der Waals surface area (Å²) in [7, 11) is -4.94. The molecule has 1 N–H and O–H groups in total. The van der Waals surface area contributed by atoms with Crippen LogP contribution in [0.25, 0.3) is 0 Å². The van der Waals surface area contributed by atoms with Crippen molar-refractivity contribution in [3.05, 3.63) is 59.7 Å². The highest BCUT2D eigenvalue weighted by molar-refractivity contribution is 9.08. The molecular formula is C18H13BrF9NO3S. The normalized spacial score (nSPS) is 13.8. The van der Waals surface area contributed by atoms with Crippen molar-refractivity contribution in [3.8, 4) is 0 Å². The number of rotatable bonds is 6. The molecule has 4 nitrogen and oxygen atoms in total. The maximum atomic E-state index is 13.1. The van der Waals surface area contributed by atoms with Crippen molar-refractivity contribution in [2.45, 2.75) is 34.4 Å². The molecule has 0 atom stereocenters. The Bertz CT molecular complexity index is 1070. The average molecular weight is 574 g/mol. The summed E-state index contributed by atoms with van der Waals surface area (Å²) in [5.74, 6) is 0. The Morgan fingerprint density at radius 2 is 1.36 bits per heavy atom. The van der Waals surface area contributed by atoms with Crippen LogP contribution in [0, 0.1) is 0 Å². The predicted molar refractivity (Wildman–Crippen MR) is 102 cm³/mol. The first-order chi connectivity index (χ1) is 14.8. The maximum Gasteiger partial charge on any atom is 0.430 e. The van der Waals surface area contributed by atoms with Crippen LogP contribution in [-0.4, -0.2) is 38.6 Å². The number of hydrogen-bond acceptors (Lipinski definition) is 3. The van der Waals surface area contributed by atoms with Crippen molar-refractivity contribution in [1.82, 2.24) is 0 Å². The number of alkyl halides is 10. The number of halogens is 10. The van der Waals surface area contributed by atoms with Gasteiger partial charge in [0.1, 0.15) is 6.54 Å². The van der Waals surface area contributed by atoms with E-state index in [4.69, 9.17) is 0 Å². The highest BCUT2D eigenvalue weighted by Crippen LogP contribution is 2.50. The minimum absolute atomic E-state index is 0.0596. The Hall–Kier alpha value is -2.00. The zero-order valence-corrected chi connectivity index (χ0v) is 18.3. The second-order valence-electron chi connectivity index (χ2n) is 6.66. The number of aliphatic hydroxyl groups is 1. The number of hydrogen-bond donors (Lipinski definition) is 1. The molecule has 0 unspecified atom stereocenters. The van der Waals surface area contributed by atoms with Gasteiger partial charge in [-0.1, -0.05) is 40.2 Å². The van der Waals surface area contributed by atoms with Crippen LogP contribution in [0.1, 0.15) is 11.1 Å². The van der Waals surface area contributed by atoms with Crippen molar-refractivity contribution in [3.63, 3.8) is 0 Å². The molecule has 0 bridgehead atoms. The van der Waals surface area contributed by atoms with Gasteiger partial charge in [-0.25, -0.2) is 8.42 Å². The fourth-order valence-corrected chi connectivity index (χ4v) is 4.62. The van der Waals surface area contributed by atoms with E-state index in [1.807, 2.05) is 0 Å². The lowest BCUT2D eigenvalue weighted by atomic mass is 9.92. The van der Waals surface area contributed by atoms with Gasteiger partial charge in [-0.3, -0.25) is 4.31 Å². The first kappa shape index (κ1) is 27.2. The topological polar surface area (TPSA) is 57.6 Å². The minimum Gasteiger partial charge on any atom is -0.369 e. The summed E-state index contributed by atoms with van der Waals surface area (Å²) in [6.45, 7) is -2.12. The third-order valence-corrected chi connectivity index (χ3v) is 6.77. The third-order valence-electron chi connectivity index (χ3n) is 4.36. The molecule has 33 heavy (non-hydrogen) atoms. The standard InChI is InChI=1S/C18H13BrF9NO3S/c19-9-11-2-1-3-14(8-11)33(31,32)29(10-15(20,21)22)13-6-4-12(5-7-13)16(30,17(23,24)25)18(26,27)28/h1-8,30H,9-10H2. The van der Waals surface area contributed by atoms with Gasteiger partial charge in [0.25, 0.3) is 15.6 Å². The van der Waals surface area contributed by atoms with E-state index in [0.717, 1.165) is 12.1 Å². The molecule has 184 valence electrons. The van der Waals surface area contributed by atoms with Crippen molar-refractivity contribution in [2.24, 2.45) is 0 Å². The molecule has 2 aromatic carbocycles. The quantitative estimate of drug-likeness (QED) is 0.359. The summed E-state index contributed by atoms with van der Waals surface area (Å²) >= 11 is 3.05. The first-order valence-electron chi connectivity index (χ1n) is 8.55. The Morgan fingerprint density at radius 3 is 1.79 bits per heavy atom. The highest BCUT2D eigenvalue weighted by atomic mass is 79.9. The smallest absolute Gasteiger partial charge is 0.369 e. The number of benzene rings is 2. The lowest BCUT2D eigenvalue weighted by Crippen LogP contribution is -2.53. The number of sulfonamides is 1. The van der Waals surface area contributed by atoms with E-state index >= 15 is 0 Å². The van der Waals surface area contributed by atoms with Crippen LogP contribution in [0.5, 0.6) is 0 Å². The van der Waals surface area contributed by atoms with Gasteiger partial charge in [0.15, 0.2) is 0 Å². The van der Waals surface area contributed by atoms with Crippen LogP contribution in [0.15, 0.2) is 53.4 Å². The van der Waals surface area contributed by atoms with Crippen molar-refractivity contribution in [2.75, 3.05) is 10.8 Å². The second-order valence-corrected chi connectivity index (χ2v) is 9.08. The fourth-order valence-electron chi connectivity index (χ4n) is 2.75. The van der Waals surface area contributed by atoms with Crippen molar-refractivity contribution in [1.29, 1.82) is 0 Å². The summed E-state index contributed by atoms with van der Waals surface area (Å²) in [6, 6.07) is 5.48. The van der Waals surface area contributed by atoms with Crippen LogP contribution in [0.2, 0.25) is 0 Å². The molecule has 0 fully saturated rings. The zero-order valence-electron chi connectivity index (χ0n) is 15.9. The molecule has 2 rings (SSSR count). The fraction of sp³-hybridized carbons (Fsp3) is 0.333. The van der Waals surface area contributed by atoms with Gasteiger partial charge < -0.3 is 5.11 Å². The van der Waals surface area contributed by atoms with Crippen LogP contribution < -0.4 is 4.31 Å². The SMILES string of the molecule is O=S(=O)(c1cccc(CBr)c1)N(CC(F)(F)F)c1ccc(C(O)(C(F)(F)F)C(F)(F)F)cc1. The minimum atomic E-state index is -6.22. The van der Waals surface area contributed by atoms with E-state index in [1.165, 1.54) is 12.1 Å². The molecule has 0 radical (unpaired) electrons. The van der Waals surface area contributed by atoms with E-state index in [9.17, 15) is 53.0 Å². The Labute approximate surface area is 189 Å². The molecule has 0 aliphatic rings. The molecule has 0 aliphatic heterocycles. The zero-order chi connectivity index (χ0) is 25.5. The second kappa shape index (κ2) is 8.98. The van der Waals surface area contributed by atoms with E-state index in [0.29, 0.717) is 17.7 Å². The van der Waals surface area contributed by atoms with Gasteiger partial charge in [-0.15, -0.1) is 0 Å². The van der Waals surface area contributed by atoms with E-state index in [1.54, 1.807) is 0 Å². The van der Waals surface area contributed by atoms with Gasteiger partial charge in [-0.2, -0.15) is 39.5 Å². The molecule has 0 saturated heterocycles. The largest absolute Gasteiger partial charge is 0.430 e. The van der Waals surface area contributed by atoms with Gasteiger partial charge in [0.2, 0.25) is 0 Å². The lowest BCUT2D eigenvalue weighted by Gasteiger charge is -2.33. The Morgan fingerprint density at radius 1 is 0.848 bits per heavy atom. The summed E-state index contributed by atoms with van der Waals surface area (Å²) in [5.41, 5.74) is -7.57. The first-order valence-corrected chi connectivity index (χ1v) is 11.1. The summed E-state index contributed by atoms with van der Waals surface area (Å²) in [6.07, 6.45) is -17.6. The van der Waals surface area contributed by atoms with E-state index < -0.39 is 56.8 Å². The van der Waals surface area contributed by atoms with Crippen LogP contribution in [0.3, 0.4) is 0 Å². The van der Waals surface area contributed by atoms with Crippen LogP contribution in [-0.2, 0) is 21.0 Å². The number of nitrogens with zero attached hydrogens (tertiary/aromatic N) is 1. The Kier molecular flexibility index (Phi) is 7.42. The van der Waals surface area contributed by atoms with Crippen LogP contribution >= 0.6 is 15.9 Å². The van der Waals surface area contributed by atoms with E-state index in [2.05, 4.69) is 15.9 Å². The monoisotopic (exact) mass is 573 g/mol.